The van der Waals surface area contributed by atoms with Gasteiger partial charge in [0.05, 0.1) is 16.0 Å². The third-order valence-corrected chi connectivity index (χ3v) is 2.59. The van der Waals surface area contributed by atoms with Crippen LogP contribution in [0.1, 0.15) is 4.11 Å². The van der Waals surface area contributed by atoms with Crippen molar-refractivity contribution in [1.82, 2.24) is 0 Å². The van der Waals surface area contributed by atoms with Crippen LogP contribution in [-0.2, 0) is 9.05 Å². The summed E-state index contributed by atoms with van der Waals surface area (Å²) in [5.74, 6) is 0.0547. The van der Waals surface area contributed by atoms with Gasteiger partial charge in [-0.05, 0) is 24.3 Å². The quantitative estimate of drug-likeness (QED) is 0.696. The molecule has 0 aliphatic rings. The van der Waals surface area contributed by atoms with Crippen molar-refractivity contribution in [2.24, 2.45) is 0 Å². The first-order valence-electron chi connectivity index (χ1n) is 4.42. The molecular weight excluding hydrogens is 200 g/mol. The fourth-order valence-corrected chi connectivity index (χ4v) is 1.44. The van der Waals surface area contributed by atoms with Crippen LogP contribution in [0, 0.1) is 0 Å². The number of methoxy groups -OCH3 is 1. The molecule has 1 aromatic rings. The van der Waals surface area contributed by atoms with Crippen molar-refractivity contribution in [2.75, 3.05) is 7.04 Å². The Bertz CT molecular complexity index is 438. The predicted molar refractivity (Wildman–Crippen MR) is 46.0 cm³/mol. The smallest absolute Gasteiger partial charge is 0.261 e. The molecule has 0 amide bonds. The Morgan fingerprint density at radius 1 is 1.42 bits per heavy atom. The van der Waals surface area contributed by atoms with Crippen LogP contribution in [0.2, 0.25) is 0 Å². The van der Waals surface area contributed by atoms with Crippen molar-refractivity contribution >= 4 is 19.7 Å². The molecule has 1 aromatic carbocycles. The van der Waals surface area contributed by atoms with E-state index in [2.05, 4.69) is 4.74 Å². The monoisotopic (exact) mass is 209 g/mol. The van der Waals surface area contributed by atoms with Crippen LogP contribution >= 0.6 is 10.7 Å². The van der Waals surface area contributed by atoms with E-state index in [1.807, 2.05) is 0 Å². The molecule has 0 radical (unpaired) electrons. The molecule has 0 aliphatic heterocycles. The molecule has 0 atom stereocenters. The third-order valence-electron chi connectivity index (χ3n) is 1.22. The zero-order chi connectivity index (χ0) is 11.7. The van der Waals surface area contributed by atoms with Crippen LogP contribution in [0.3, 0.4) is 0 Å². The number of halogens is 1. The van der Waals surface area contributed by atoms with Crippen LogP contribution in [0.15, 0.2) is 29.2 Å². The van der Waals surface area contributed by atoms with Gasteiger partial charge in [-0.3, -0.25) is 0 Å². The van der Waals surface area contributed by atoms with Gasteiger partial charge < -0.3 is 4.74 Å². The molecule has 3 nitrogen and oxygen atoms in total. The summed E-state index contributed by atoms with van der Waals surface area (Å²) in [6, 6.07) is 4.79. The summed E-state index contributed by atoms with van der Waals surface area (Å²) in [6.07, 6.45) is 0. The number of ether oxygens (including phenoxy) is 1. The first kappa shape index (κ1) is 5.83. The predicted octanol–water partition coefficient (Wildman–Crippen LogP) is 1.62. The van der Waals surface area contributed by atoms with E-state index in [1.165, 1.54) is 24.3 Å². The highest BCUT2D eigenvalue weighted by Gasteiger charge is 2.08. The number of hydrogen-bond acceptors (Lipinski definition) is 3. The van der Waals surface area contributed by atoms with E-state index in [-0.39, 0.29) is 10.6 Å². The van der Waals surface area contributed by atoms with Crippen LogP contribution < -0.4 is 4.74 Å². The Balaban J connectivity index is 2.92. The van der Waals surface area contributed by atoms with Gasteiger partial charge in [0.15, 0.2) is 0 Å². The van der Waals surface area contributed by atoms with Crippen molar-refractivity contribution < 1.29 is 17.3 Å². The van der Waals surface area contributed by atoms with E-state index in [0.717, 1.165) is 0 Å². The lowest BCUT2D eigenvalue weighted by Crippen LogP contribution is -1.90. The molecule has 0 aliphatic carbocycles. The zero-order valence-electron chi connectivity index (χ0n) is 8.82. The second-order valence-electron chi connectivity index (χ2n) is 2.01. The van der Waals surface area contributed by atoms with Gasteiger partial charge in [0.1, 0.15) is 5.75 Å². The normalized spacial score (nSPS) is 15.9. The Morgan fingerprint density at radius 3 is 2.42 bits per heavy atom. The molecule has 0 saturated heterocycles. The van der Waals surface area contributed by atoms with Crippen molar-refractivity contribution in [3.63, 3.8) is 0 Å². The molecule has 0 unspecified atom stereocenters. The highest BCUT2D eigenvalue weighted by atomic mass is 35.7. The highest BCUT2D eigenvalue weighted by Crippen LogP contribution is 2.18. The fourth-order valence-electron chi connectivity index (χ4n) is 0.670. The summed E-state index contributed by atoms with van der Waals surface area (Å²) in [6.45, 7) is 0. The van der Waals surface area contributed by atoms with Gasteiger partial charge in [-0.15, -0.1) is 0 Å². The maximum absolute atomic E-state index is 10.8. The van der Waals surface area contributed by atoms with Gasteiger partial charge in [-0.1, -0.05) is 0 Å². The van der Waals surface area contributed by atoms with Gasteiger partial charge in [-0.2, -0.15) is 0 Å². The molecule has 0 spiro atoms. The largest absolute Gasteiger partial charge is 0.497 e. The second-order valence-corrected chi connectivity index (χ2v) is 4.58. The molecule has 5 heteroatoms. The minimum Gasteiger partial charge on any atom is -0.497 e. The summed E-state index contributed by atoms with van der Waals surface area (Å²) >= 11 is 0. The summed E-state index contributed by atoms with van der Waals surface area (Å²) in [5.41, 5.74) is 0. The van der Waals surface area contributed by atoms with Crippen molar-refractivity contribution in [1.29, 1.82) is 0 Å². The van der Waals surface area contributed by atoms with Gasteiger partial charge in [0.25, 0.3) is 9.05 Å². The van der Waals surface area contributed by atoms with Crippen molar-refractivity contribution in [3.05, 3.63) is 24.3 Å². The molecular formula is C7H7ClO3S. The highest BCUT2D eigenvalue weighted by molar-refractivity contribution is 8.13. The molecule has 1 rings (SSSR count). The number of rotatable bonds is 2. The van der Waals surface area contributed by atoms with Crippen LogP contribution in [-0.4, -0.2) is 15.5 Å². The van der Waals surface area contributed by atoms with Gasteiger partial charge >= 0.3 is 0 Å². The maximum atomic E-state index is 10.8. The lowest BCUT2D eigenvalue weighted by Gasteiger charge is -1.99. The molecule has 66 valence electrons. The van der Waals surface area contributed by atoms with Gasteiger partial charge in [-0.25, -0.2) is 8.42 Å². The van der Waals surface area contributed by atoms with E-state index in [1.54, 1.807) is 0 Å². The molecule has 0 bridgehead atoms. The summed E-state index contributed by atoms with van der Waals surface area (Å²) in [4.78, 5) is -0.109. The lowest BCUT2D eigenvalue weighted by atomic mass is 10.3. The van der Waals surface area contributed by atoms with Crippen LogP contribution in [0.4, 0.5) is 0 Å². The standard InChI is InChI=1S/C7H7ClO3S/c1-11-6-2-4-7(5-3-6)12(8,9)10/h2-5H,1H3/i1D3. The Hall–Kier alpha value is -0.740. The Morgan fingerprint density at radius 2 is 2.00 bits per heavy atom. The fraction of sp³-hybridized carbons (Fsp3) is 0.143. The van der Waals surface area contributed by atoms with E-state index in [4.69, 9.17) is 14.8 Å². The summed E-state index contributed by atoms with van der Waals surface area (Å²) < 4.78 is 46.7. The first-order valence-corrected chi connectivity index (χ1v) is 5.23. The average Bonchev–Trinajstić information content (AvgIpc) is 2.00. The lowest BCUT2D eigenvalue weighted by molar-refractivity contribution is 0.414. The SMILES string of the molecule is [2H]C([2H])([2H])Oc1ccc(S(=O)(=O)Cl)cc1. The van der Waals surface area contributed by atoms with Crippen molar-refractivity contribution in [3.8, 4) is 5.75 Å². The van der Waals surface area contributed by atoms with Gasteiger partial charge in [0, 0.05) is 10.7 Å². The third kappa shape index (κ3) is 2.12. The van der Waals surface area contributed by atoms with E-state index in [9.17, 15) is 8.42 Å². The molecule has 0 heterocycles. The first-order chi connectivity index (χ1) is 6.68. The molecule has 12 heavy (non-hydrogen) atoms. The van der Waals surface area contributed by atoms with E-state index >= 15 is 0 Å². The van der Waals surface area contributed by atoms with Crippen molar-refractivity contribution in [2.45, 2.75) is 4.90 Å². The van der Waals surface area contributed by atoms with Crippen LogP contribution in [0.25, 0.3) is 0 Å². The molecule has 0 saturated carbocycles. The Kier molecular flexibility index (Phi) is 1.62. The molecule has 0 aromatic heterocycles. The van der Waals surface area contributed by atoms with Gasteiger partial charge in [0.2, 0.25) is 0 Å². The Labute approximate surface area is 79.6 Å². The van der Waals surface area contributed by atoms with E-state index in [0.29, 0.717) is 0 Å². The van der Waals surface area contributed by atoms with E-state index < -0.39 is 16.1 Å². The topological polar surface area (TPSA) is 43.4 Å². The van der Waals surface area contributed by atoms with Crippen LogP contribution in [0.5, 0.6) is 5.75 Å². The maximum Gasteiger partial charge on any atom is 0.261 e. The average molecular weight is 210 g/mol. The summed E-state index contributed by atoms with van der Waals surface area (Å²) in [5, 5.41) is 0. The number of benzene rings is 1. The molecule has 0 fully saturated rings. The number of hydrogen-bond donors (Lipinski definition) is 0. The zero-order valence-corrected chi connectivity index (χ0v) is 7.39. The minimum atomic E-state index is -3.79. The minimum absolute atomic E-state index is 0.0547. The molecule has 0 N–H and O–H groups in total. The second kappa shape index (κ2) is 3.33. The summed E-state index contributed by atoms with van der Waals surface area (Å²) in [7, 11) is -1.28.